The Hall–Kier alpha value is -2.33. The molecule has 4 rings (SSSR count). The molecule has 2 heterocycles. The summed E-state index contributed by atoms with van der Waals surface area (Å²) in [6.45, 7) is 3.90. The van der Waals surface area contributed by atoms with E-state index in [1.807, 2.05) is 23.1 Å². The number of carbonyl (C=O) groups is 1. The lowest BCUT2D eigenvalue weighted by molar-refractivity contribution is -0.122. The van der Waals surface area contributed by atoms with Crippen LogP contribution in [0.1, 0.15) is 24.8 Å². The number of carbonyl (C=O) groups excluding carboxylic acids is 1. The summed E-state index contributed by atoms with van der Waals surface area (Å²) >= 11 is 0. The molecule has 7 nitrogen and oxygen atoms in total. The van der Waals surface area contributed by atoms with Crippen molar-refractivity contribution in [3.63, 3.8) is 0 Å². The van der Waals surface area contributed by atoms with Gasteiger partial charge < -0.3 is 10.1 Å². The summed E-state index contributed by atoms with van der Waals surface area (Å²) in [5.74, 6) is -0.529. The lowest BCUT2D eigenvalue weighted by Crippen LogP contribution is -2.47. The molecule has 2 aliphatic rings. The zero-order valence-corrected chi connectivity index (χ0v) is 20.1. The maximum atomic E-state index is 13.2. The molecule has 9 heteroatoms. The summed E-state index contributed by atoms with van der Waals surface area (Å²) in [5.41, 5.74) is 1.09. The number of benzene rings is 2. The fourth-order valence-electron chi connectivity index (χ4n) is 4.75. The molecular weight excluding hydrogens is 457 g/mol. The zero-order valence-electron chi connectivity index (χ0n) is 19.3. The molecule has 2 fully saturated rings. The smallest absolute Gasteiger partial charge is 0.243 e. The van der Waals surface area contributed by atoms with Gasteiger partial charge in [0.2, 0.25) is 15.9 Å². The SMILES string of the molecule is O=C(CN1CCCN(S(=O)(=O)c2ccc(F)cc2)CC1)NCC1(c2ccccc2)CCOCC1. The molecule has 0 saturated carbocycles. The molecular formula is C25H32FN3O4S. The van der Waals surface area contributed by atoms with Crippen molar-refractivity contribution in [2.24, 2.45) is 0 Å². The third-order valence-corrected chi connectivity index (χ3v) is 8.74. The number of ether oxygens (including phenoxy) is 1. The van der Waals surface area contributed by atoms with Crippen LogP contribution in [0, 0.1) is 5.82 Å². The standard InChI is InChI=1S/C25H32FN3O4S/c26-22-7-9-23(10-8-22)34(31,32)29-14-4-13-28(15-16-29)19-24(30)27-20-25(11-17-33-18-12-25)21-5-2-1-3-6-21/h1-3,5-10H,4,11-20H2,(H,27,30). The van der Waals surface area contributed by atoms with Crippen LogP contribution < -0.4 is 5.32 Å². The summed E-state index contributed by atoms with van der Waals surface area (Å²) in [7, 11) is -3.69. The van der Waals surface area contributed by atoms with Crippen LogP contribution in [0.3, 0.4) is 0 Å². The van der Waals surface area contributed by atoms with Gasteiger partial charge in [0.05, 0.1) is 11.4 Å². The summed E-state index contributed by atoms with van der Waals surface area (Å²) in [6, 6.07) is 15.2. The first-order valence-corrected chi connectivity index (χ1v) is 13.2. The molecule has 0 atom stereocenters. The van der Waals surface area contributed by atoms with Gasteiger partial charge in [0.1, 0.15) is 5.82 Å². The number of hydrogen-bond donors (Lipinski definition) is 1. The first kappa shape index (κ1) is 24.8. The molecule has 2 saturated heterocycles. The van der Waals surface area contributed by atoms with E-state index in [1.54, 1.807) is 0 Å². The van der Waals surface area contributed by atoms with Crippen molar-refractivity contribution in [2.75, 3.05) is 52.5 Å². The van der Waals surface area contributed by atoms with E-state index in [2.05, 4.69) is 17.4 Å². The number of sulfonamides is 1. The first-order chi connectivity index (χ1) is 16.4. The Kier molecular flexibility index (Phi) is 7.98. The summed E-state index contributed by atoms with van der Waals surface area (Å²) in [4.78, 5) is 14.9. The minimum atomic E-state index is -3.69. The predicted octanol–water partition coefficient (Wildman–Crippen LogP) is 2.39. The van der Waals surface area contributed by atoms with Crippen molar-refractivity contribution in [1.29, 1.82) is 0 Å². The number of halogens is 1. The maximum absolute atomic E-state index is 13.2. The highest BCUT2D eigenvalue weighted by molar-refractivity contribution is 7.89. The molecule has 0 aliphatic carbocycles. The molecule has 0 radical (unpaired) electrons. The quantitative estimate of drug-likeness (QED) is 0.646. The van der Waals surface area contributed by atoms with E-state index in [9.17, 15) is 17.6 Å². The first-order valence-electron chi connectivity index (χ1n) is 11.8. The second kappa shape index (κ2) is 10.9. The Labute approximate surface area is 200 Å². The zero-order chi connectivity index (χ0) is 24.0. The number of nitrogens with zero attached hydrogens (tertiary/aromatic N) is 2. The van der Waals surface area contributed by atoms with Gasteiger partial charge in [-0.1, -0.05) is 30.3 Å². The predicted molar refractivity (Wildman–Crippen MR) is 127 cm³/mol. The summed E-state index contributed by atoms with van der Waals surface area (Å²) in [6.07, 6.45) is 2.34. The monoisotopic (exact) mass is 489 g/mol. The number of hydrogen-bond acceptors (Lipinski definition) is 5. The van der Waals surface area contributed by atoms with Crippen molar-refractivity contribution < 1.29 is 22.3 Å². The molecule has 184 valence electrons. The van der Waals surface area contributed by atoms with E-state index in [-0.39, 0.29) is 29.3 Å². The van der Waals surface area contributed by atoms with Gasteiger partial charge in [-0.15, -0.1) is 0 Å². The molecule has 2 aromatic carbocycles. The van der Waals surface area contributed by atoms with Crippen molar-refractivity contribution in [3.8, 4) is 0 Å². The lowest BCUT2D eigenvalue weighted by Gasteiger charge is -2.38. The Morgan fingerprint density at radius 1 is 0.971 bits per heavy atom. The highest BCUT2D eigenvalue weighted by atomic mass is 32.2. The van der Waals surface area contributed by atoms with Crippen molar-refractivity contribution in [3.05, 3.63) is 66.0 Å². The number of rotatable bonds is 7. The molecule has 0 unspecified atom stereocenters. The van der Waals surface area contributed by atoms with Gasteiger partial charge in [0.15, 0.2) is 0 Å². The van der Waals surface area contributed by atoms with Crippen LogP contribution in [0.5, 0.6) is 0 Å². The Morgan fingerprint density at radius 3 is 2.38 bits per heavy atom. The van der Waals surface area contributed by atoms with Gasteiger partial charge in [0, 0.05) is 44.8 Å². The van der Waals surface area contributed by atoms with Crippen LogP contribution in [-0.4, -0.2) is 76.0 Å². The maximum Gasteiger partial charge on any atom is 0.243 e. The highest BCUT2D eigenvalue weighted by Crippen LogP contribution is 2.34. The van der Waals surface area contributed by atoms with E-state index in [0.717, 1.165) is 25.0 Å². The molecule has 0 bridgehead atoms. The second-order valence-electron chi connectivity index (χ2n) is 9.02. The average Bonchev–Trinajstić information content (AvgIpc) is 3.10. The fraction of sp³-hybridized carbons (Fsp3) is 0.480. The molecule has 0 aromatic heterocycles. The minimum Gasteiger partial charge on any atom is -0.381 e. The van der Waals surface area contributed by atoms with Crippen LogP contribution in [0.2, 0.25) is 0 Å². The lowest BCUT2D eigenvalue weighted by atomic mass is 9.74. The van der Waals surface area contributed by atoms with E-state index in [1.165, 1.54) is 22.0 Å². The molecule has 34 heavy (non-hydrogen) atoms. The summed E-state index contributed by atoms with van der Waals surface area (Å²) < 4.78 is 46.0. The van der Waals surface area contributed by atoms with Crippen LogP contribution in [-0.2, 0) is 25.0 Å². The number of amides is 1. The molecule has 2 aromatic rings. The average molecular weight is 490 g/mol. The van der Waals surface area contributed by atoms with Gasteiger partial charge in [-0.3, -0.25) is 9.69 Å². The van der Waals surface area contributed by atoms with Crippen molar-refractivity contribution in [2.45, 2.75) is 29.6 Å². The largest absolute Gasteiger partial charge is 0.381 e. The third-order valence-electron chi connectivity index (χ3n) is 6.83. The molecule has 1 amide bonds. The van der Waals surface area contributed by atoms with Crippen LogP contribution in [0.4, 0.5) is 4.39 Å². The topological polar surface area (TPSA) is 79.0 Å². The van der Waals surface area contributed by atoms with Crippen LogP contribution in [0.15, 0.2) is 59.5 Å². The van der Waals surface area contributed by atoms with Gasteiger partial charge in [-0.25, -0.2) is 12.8 Å². The van der Waals surface area contributed by atoms with E-state index < -0.39 is 15.8 Å². The molecule has 2 aliphatic heterocycles. The third kappa shape index (κ3) is 5.83. The molecule has 0 spiro atoms. The Balaban J connectivity index is 1.33. The number of nitrogens with one attached hydrogen (secondary N) is 1. The van der Waals surface area contributed by atoms with Crippen LogP contribution in [0.25, 0.3) is 0 Å². The minimum absolute atomic E-state index is 0.0587. The Morgan fingerprint density at radius 2 is 1.68 bits per heavy atom. The van der Waals surface area contributed by atoms with Gasteiger partial charge in [0.25, 0.3) is 0 Å². The normalized spacial score (nSPS) is 19.9. The van der Waals surface area contributed by atoms with Crippen LogP contribution >= 0.6 is 0 Å². The fourth-order valence-corrected chi connectivity index (χ4v) is 6.22. The van der Waals surface area contributed by atoms with E-state index in [4.69, 9.17) is 4.74 Å². The van der Waals surface area contributed by atoms with Gasteiger partial charge in [-0.05, 0) is 55.6 Å². The van der Waals surface area contributed by atoms with Crippen molar-refractivity contribution >= 4 is 15.9 Å². The van der Waals surface area contributed by atoms with E-state index in [0.29, 0.717) is 45.8 Å². The summed E-state index contributed by atoms with van der Waals surface area (Å²) in [5, 5.41) is 3.13. The molecule has 1 N–H and O–H groups in total. The highest BCUT2D eigenvalue weighted by Gasteiger charge is 2.35. The Bertz CT molecular complexity index is 1060. The van der Waals surface area contributed by atoms with E-state index >= 15 is 0 Å². The van der Waals surface area contributed by atoms with Crippen molar-refractivity contribution in [1.82, 2.24) is 14.5 Å². The van der Waals surface area contributed by atoms with Gasteiger partial charge in [-0.2, -0.15) is 4.31 Å². The van der Waals surface area contributed by atoms with Gasteiger partial charge >= 0.3 is 0 Å². The second-order valence-corrected chi connectivity index (χ2v) is 11.0.